The first-order valence-corrected chi connectivity index (χ1v) is 9.02. The highest BCUT2D eigenvalue weighted by Gasteiger charge is 2.04. The molecule has 20 heavy (non-hydrogen) atoms. The molecule has 0 aromatic heterocycles. The molecule has 0 saturated carbocycles. The summed E-state index contributed by atoms with van der Waals surface area (Å²) in [6.07, 6.45) is 2.57. The minimum absolute atomic E-state index is 0.0976. The maximum atomic E-state index is 11.1. The lowest BCUT2D eigenvalue weighted by atomic mass is 10.3. The maximum absolute atomic E-state index is 11.1. The van der Waals surface area contributed by atoms with Gasteiger partial charge < -0.3 is 5.32 Å². The number of hydrogen-bond donors (Lipinski definition) is 1. The molecule has 1 rings (SSSR count). The Labute approximate surface area is 124 Å². The number of thioether (sulfide) groups is 1. The molecule has 0 aliphatic rings. The Balaban J connectivity index is 2.33. The molecule has 5 nitrogen and oxygen atoms in total. The molecule has 112 valence electrons. The molecule has 0 bridgehead atoms. The van der Waals surface area contributed by atoms with Gasteiger partial charge in [-0.2, -0.15) is 8.42 Å². The van der Waals surface area contributed by atoms with Crippen LogP contribution < -0.4 is 5.32 Å². The first-order valence-electron chi connectivity index (χ1n) is 6.22. The fourth-order valence-corrected chi connectivity index (χ4v) is 2.92. The summed E-state index contributed by atoms with van der Waals surface area (Å²) in [6, 6.07) is 7.59. The van der Waals surface area contributed by atoms with Crippen molar-refractivity contribution in [3.05, 3.63) is 24.3 Å². The van der Waals surface area contributed by atoms with Crippen molar-refractivity contribution < 1.29 is 17.4 Å². The number of nitrogens with one attached hydrogen (secondary N) is 1. The molecular formula is C13H19NO4S2. The van der Waals surface area contributed by atoms with Crippen molar-refractivity contribution in [3.63, 3.8) is 0 Å². The summed E-state index contributed by atoms with van der Waals surface area (Å²) in [5.74, 6) is 0.739. The minimum atomic E-state index is -3.34. The zero-order chi connectivity index (χ0) is 15.0. The highest BCUT2D eigenvalue weighted by Crippen LogP contribution is 2.27. The van der Waals surface area contributed by atoms with E-state index in [1.54, 1.807) is 11.8 Å². The SMILES string of the molecule is CC(=O)Nc1ccccc1SCCCCOS(C)(=O)=O. The van der Waals surface area contributed by atoms with Crippen molar-refractivity contribution in [2.45, 2.75) is 24.7 Å². The Morgan fingerprint density at radius 3 is 2.65 bits per heavy atom. The topological polar surface area (TPSA) is 72.5 Å². The first-order chi connectivity index (χ1) is 9.38. The summed E-state index contributed by atoms with van der Waals surface area (Å²) in [4.78, 5) is 12.1. The van der Waals surface area contributed by atoms with Crippen LogP contribution >= 0.6 is 11.8 Å². The van der Waals surface area contributed by atoms with Crippen LogP contribution in [-0.4, -0.2) is 32.9 Å². The number of para-hydroxylation sites is 1. The van der Waals surface area contributed by atoms with Gasteiger partial charge in [-0.1, -0.05) is 12.1 Å². The van der Waals surface area contributed by atoms with Crippen LogP contribution in [0.1, 0.15) is 19.8 Å². The Morgan fingerprint density at radius 2 is 2.00 bits per heavy atom. The molecule has 1 N–H and O–H groups in total. The zero-order valence-electron chi connectivity index (χ0n) is 11.6. The fourth-order valence-electron chi connectivity index (χ4n) is 1.48. The van der Waals surface area contributed by atoms with Crippen LogP contribution in [0.4, 0.5) is 5.69 Å². The summed E-state index contributed by atoms with van der Waals surface area (Å²) in [6.45, 7) is 1.69. The van der Waals surface area contributed by atoms with Gasteiger partial charge >= 0.3 is 0 Å². The largest absolute Gasteiger partial charge is 0.325 e. The third-order valence-electron chi connectivity index (χ3n) is 2.29. The van der Waals surface area contributed by atoms with E-state index >= 15 is 0 Å². The molecule has 7 heteroatoms. The lowest BCUT2D eigenvalue weighted by molar-refractivity contribution is -0.114. The summed E-state index contributed by atoms with van der Waals surface area (Å²) in [5, 5.41) is 2.78. The maximum Gasteiger partial charge on any atom is 0.264 e. The molecule has 0 aliphatic heterocycles. The van der Waals surface area contributed by atoms with Crippen LogP contribution in [0.2, 0.25) is 0 Å². The minimum Gasteiger partial charge on any atom is -0.325 e. The zero-order valence-corrected chi connectivity index (χ0v) is 13.2. The molecule has 0 saturated heterocycles. The summed E-state index contributed by atoms with van der Waals surface area (Å²) in [7, 11) is -3.34. The predicted molar refractivity (Wildman–Crippen MR) is 81.5 cm³/mol. The monoisotopic (exact) mass is 317 g/mol. The lowest BCUT2D eigenvalue weighted by Gasteiger charge is -2.09. The van der Waals surface area contributed by atoms with E-state index in [0.29, 0.717) is 6.42 Å². The van der Waals surface area contributed by atoms with Gasteiger partial charge in [0.05, 0.1) is 18.6 Å². The number of carbonyl (C=O) groups excluding carboxylic acids is 1. The summed E-state index contributed by atoms with van der Waals surface area (Å²) in [5.41, 5.74) is 0.803. The molecule has 0 unspecified atom stereocenters. The molecule has 0 spiro atoms. The van der Waals surface area contributed by atoms with Gasteiger partial charge in [-0.05, 0) is 30.7 Å². The highest BCUT2D eigenvalue weighted by molar-refractivity contribution is 7.99. The van der Waals surface area contributed by atoms with Crippen LogP contribution in [0.3, 0.4) is 0 Å². The fraction of sp³-hybridized carbons (Fsp3) is 0.462. The number of hydrogen-bond acceptors (Lipinski definition) is 5. The summed E-state index contributed by atoms with van der Waals surface area (Å²) >= 11 is 1.63. The van der Waals surface area contributed by atoms with Gasteiger partial charge in [0.25, 0.3) is 10.1 Å². The van der Waals surface area contributed by atoms with Crippen molar-refractivity contribution in [2.24, 2.45) is 0 Å². The van der Waals surface area contributed by atoms with Gasteiger partial charge in [-0.3, -0.25) is 8.98 Å². The summed E-state index contributed by atoms with van der Waals surface area (Å²) < 4.78 is 26.2. The van der Waals surface area contributed by atoms with E-state index in [1.807, 2.05) is 24.3 Å². The molecule has 1 aromatic rings. The van der Waals surface area contributed by atoms with Crippen LogP contribution in [0.25, 0.3) is 0 Å². The van der Waals surface area contributed by atoms with Crippen LogP contribution in [0.15, 0.2) is 29.2 Å². The average molecular weight is 317 g/mol. The van der Waals surface area contributed by atoms with E-state index in [0.717, 1.165) is 29.0 Å². The third-order valence-corrected chi connectivity index (χ3v) is 4.05. The van der Waals surface area contributed by atoms with Crippen LogP contribution in [-0.2, 0) is 19.1 Å². The first kappa shape index (κ1) is 17.0. The highest BCUT2D eigenvalue weighted by atomic mass is 32.2. The number of carbonyl (C=O) groups is 1. The van der Waals surface area contributed by atoms with Gasteiger partial charge in [0.15, 0.2) is 0 Å². The van der Waals surface area contributed by atoms with Gasteiger partial charge in [0.1, 0.15) is 0 Å². The Hall–Kier alpha value is -1.05. The Morgan fingerprint density at radius 1 is 1.30 bits per heavy atom. The second kappa shape index (κ2) is 8.28. The van der Waals surface area contributed by atoms with Crippen molar-refractivity contribution in [2.75, 3.05) is 23.9 Å². The number of unbranched alkanes of at least 4 members (excludes halogenated alkanes) is 1. The van der Waals surface area contributed by atoms with Crippen molar-refractivity contribution in [1.29, 1.82) is 0 Å². The van der Waals surface area contributed by atoms with Crippen molar-refractivity contribution in [3.8, 4) is 0 Å². The van der Waals surface area contributed by atoms with E-state index < -0.39 is 10.1 Å². The molecule has 1 aromatic carbocycles. The molecular weight excluding hydrogens is 298 g/mol. The third kappa shape index (κ3) is 7.52. The van der Waals surface area contributed by atoms with Crippen LogP contribution in [0.5, 0.6) is 0 Å². The Bertz CT molecular complexity index is 543. The quantitative estimate of drug-likeness (QED) is 0.453. The normalized spacial score (nSPS) is 11.3. The van der Waals surface area contributed by atoms with E-state index in [-0.39, 0.29) is 12.5 Å². The predicted octanol–water partition coefficient (Wildman–Crippen LogP) is 2.49. The standard InChI is InChI=1S/C13H19NO4S2/c1-11(15)14-12-7-3-4-8-13(12)19-10-6-5-9-18-20(2,16)17/h3-4,7-8H,5-6,9-10H2,1-2H3,(H,14,15). The van der Waals surface area contributed by atoms with Crippen LogP contribution in [0, 0.1) is 0 Å². The number of amides is 1. The van der Waals surface area contributed by atoms with Gasteiger partial charge in [0, 0.05) is 11.8 Å². The van der Waals surface area contributed by atoms with E-state index in [1.165, 1.54) is 6.92 Å². The molecule has 0 radical (unpaired) electrons. The van der Waals surface area contributed by atoms with Crippen molar-refractivity contribution >= 4 is 33.5 Å². The molecule has 1 amide bonds. The smallest absolute Gasteiger partial charge is 0.264 e. The molecule has 0 heterocycles. The molecule has 0 atom stereocenters. The second-order valence-electron chi connectivity index (χ2n) is 4.26. The van der Waals surface area contributed by atoms with Crippen molar-refractivity contribution in [1.82, 2.24) is 0 Å². The number of anilines is 1. The lowest BCUT2D eigenvalue weighted by Crippen LogP contribution is -2.06. The van der Waals surface area contributed by atoms with Gasteiger partial charge in [0.2, 0.25) is 5.91 Å². The number of rotatable bonds is 8. The van der Waals surface area contributed by atoms with Gasteiger partial charge in [-0.25, -0.2) is 0 Å². The van der Waals surface area contributed by atoms with E-state index in [4.69, 9.17) is 0 Å². The second-order valence-corrected chi connectivity index (χ2v) is 7.04. The molecule has 0 aliphatic carbocycles. The van der Waals surface area contributed by atoms with E-state index in [9.17, 15) is 13.2 Å². The molecule has 0 fully saturated rings. The number of benzene rings is 1. The average Bonchev–Trinajstić information content (AvgIpc) is 2.33. The Kier molecular flexibility index (Phi) is 7.04. The van der Waals surface area contributed by atoms with Gasteiger partial charge in [-0.15, -0.1) is 11.8 Å². The van der Waals surface area contributed by atoms with E-state index in [2.05, 4.69) is 9.50 Å².